The molecule has 0 aromatic heterocycles. The Labute approximate surface area is 202 Å². The van der Waals surface area contributed by atoms with Gasteiger partial charge in [-0.15, -0.1) is 0 Å². The Balaban J connectivity index is 1.57. The van der Waals surface area contributed by atoms with Gasteiger partial charge in [0, 0.05) is 44.4 Å². The van der Waals surface area contributed by atoms with Crippen molar-refractivity contribution in [1.29, 1.82) is 5.26 Å². The normalized spacial score (nSPS) is 22.7. The second-order valence-electron chi connectivity index (χ2n) is 9.45. The number of anilines is 1. The number of hydrogen-bond donors (Lipinski definition) is 0. The first-order chi connectivity index (χ1) is 16.7. The number of nitrogens with zero attached hydrogens (tertiary/aromatic N) is 3. The van der Waals surface area contributed by atoms with Crippen LogP contribution >= 0.6 is 0 Å². The van der Waals surface area contributed by atoms with Crippen LogP contribution in [-0.2, 0) is 22.2 Å². The molecule has 2 aromatic carbocycles. The lowest BCUT2D eigenvalue weighted by Gasteiger charge is -2.44. The fraction of sp³-hybridized carbons (Fsp3) is 0.500. The quantitative estimate of drug-likeness (QED) is 0.396. The number of benzene rings is 2. The molecule has 188 valence electrons. The van der Waals surface area contributed by atoms with Gasteiger partial charge in [-0.1, -0.05) is 12.1 Å². The van der Waals surface area contributed by atoms with Crippen LogP contribution in [0.1, 0.15) is 23.1 Å². The highest BCUT2D eigenvalue weighted by Gasteiger charge is 2.50. The van der Waals surface area contributed by atoms with E-state index in [1.54, 1.807) is 25.3 Å². The van der Waals surface area contributed by atoms with Gasteiger partial charge in [0.1, 0.15) is 5.82 Å². The Kier molecular flexibility index (Phi) is 7.64. The van der Waals surface area contributed by atoms with Gasteiger partial charge in [-0.2, -0.15) is 18.4 Å². The van der Waals surface area contributed by atoms with Crippen molar-refractivity contribution in [2.45, 2.75) is 19.1 Å². The predicted molar refractivity (Wildman–Crippen MR) is 123 cm³/mol. The van der Waals surface area contributed by atoms with Crippen LogP contribution in [0.25, 0.3) is 0 Å². The fourth-order valence-electron chi connectivity index (χ4n) is 5.39. The van der Waals surface area contributed by atoms with Crippen LogP contribution in [0, 0.1) is 28.5 Å². The van der Waals surface area contributed by atoms with Crippen molar-refractivity contribution >= 4 is 5.69 Å². The molecule has 9 heteroatoms. The Morgan fingerprint density at radius 1 is 1.14 bits per heavy atom. The lowest BCUT2D eigenvalue weighted by Crippen LogP contribution is -2.51. The molecule has 0 aliphatic carbocycles. The summed E-state index contributed by atoms with van der Waals surface area (Å²) in [6.45, 7) is 4.61. The molecule has 0 radical (unpaired) electrons. The molecule has 2 aliphatic heterocycles. The van der Waals surface area contributed by atoms with Gasteiger partial charge in [0.2, 0.25) is 0 Å². The number of hydrogen-bond acceptors (Lipinski definition) is 5. The molecule has 2 aromatic rings. The third kappa shape index (κ3) is 5.77. The third-order valence-corrected chi connectivity index (χ3v) is 7.06. The van der Waals surface area contributed by atoms with Crippen LogP contribution in [0.2, 0.25) is 0 Å². The monoisotopic (exact) mass is 491 g/mol. The van der Waals surface area contributed by atoms with E-state index >= 15 is 0 Å². The highest BCUT2D eigenvalue weighted by molar-refractivity contribution is 5.56. The van der Waals surface area contributed by atoms with E-state index in [9.17, 15) is 17.6 Å². The van der Waals surface area contributed by atoms with Gasteiger partial charge in [-0.3, -0.25) is 4.90 Å². The van der Waals surface area contributed by atoms with E-state index in [4.69, 9.17) is 14.7 Å². The summed E-state index contributed by atoms with van der Waals surface area (Å²) in [5, 5.41) is 9.14. The molecule has 35 heavy (non-hydrogen) atoms. The first-order valence-corrected chi connectivity index (χ1v) is 11.6. The van der Waals surface area contributed by atoms with Crippen molar-refractivity contribution in [3.05, 3.63) is 65.0 Å². The first kappa shape index (κ1) is 25.4. The Bertz CT molecular complexity index is 1070. The molecule has 4 rings (SSSR count). The number of nitriles is 1. The number of halogens is 4. The summed E-state index contributed by atoms with van der Waals surface area (Å²) < 4.78 is 65.5. The zero-order valence-corrected chi connectivity index (χ0v) is 19.7. The van der Waals surface area contributed by atoms with Crippen LogP contribution in [0.15, 0.2) is 42.5 Å². The van der Waals surface area contributed by atoms with Crippen molar-refractivity contribution in [2.24, 2.45) is 11.3 Å². The summed E-state index contributed by atoms with van der Waals surface area (Å²) in [6.07, 6.45) is -3.74. The van der Waals surface area contributed by atoms with Crippen molar-refractivity contribution in [3.8, 4) is 6.07 Å². The second kappa shape index (κ2) is 10.5. The van der Waals surface area contributed by atoms with E-state index in [1.807, 2.05) is 11.0 Å². The van der Waals surface area contributed by atoms with Crippen LogP contribution < -0.4 is 4.90 Å². The molecule has 0 spiro atoms. The van der Waals surface area contributed by atoms with Gasteiger partial charge in [-0.25, -0.2) is 4.39 Å². The summed E-state index contributed by atoms with van der Waals surface area (Å²) in [5.41, 5.74) is -0.234. The molecule has 2 fully saturated rings. The highest BCUT2D eigenvalue weighted by atomic mass is 19.4. The Morgan fingerprint density at radius 3 is 2.69 bits per heavy atom. The lowest BCUT2D eigenvalue weighted by molar-refractivity contribution is -0.137. The second-order valence-corrected chi connectivity index (χ2v) is 9.45. The number of alkyl halides is 3. The average molecular weight is 492 g/mol. The van der Waals surface area contributed by atoms with Gasteiger partial charge in [0.25, 0.3) is 0 Å². The molecule has 0 amide bonds. The van der Waals surface area contributed by atoms with E-state index in [-0.39, 0.29) is 22.7 Å². The molecule has 2 aliphatic rings. The number of methoxy groups -OCH3 is 1. The van der Waals surface area contributed by atoms with Gasteiger partial charge in [0.15, 0.2) is 0 Å². The van der Waals surface area contributed by atoms with Crippen molar-refractivity contribution in [3.63, 3.8) is 0 Å². The largest absolute Gasteiger partial charge is 0.417 e. The van der Waals surface area contributed by atoms with E-state index < -0.39 is 11.7 Å². The SMILES string of the molecule is COCCOC[C@@]12CN(Cc3cccc(F)c3)CC[C@@H]1CN(c1ccc(C#N)c(C(F)(F)F)c1)C2. The summed E-state index contributed by atoms with van der Waals surface area (Å²) in [4.78, 5) is 4.25. The third-order valence-electron chi connectivity index (χ3n) is 7.06. The van der Waals surface area contributed by atoms with Gasteiger partial charge in [0.05, 0.1) is 37.0 Å². The number of rotatable bonds is 8. The lowest BCUT2D eigenvalue weighted by atomic mass is 9.74. The first-order valence-electron chi connectivity index (χ1n) is 11.6. The molecular formula is C26H29F4N3O2. The van der Waals surface area contributed by atoms with E-state index in [0.29, 0.717) is 51.7 Å². The summed E-state index contributed by atoms with van der Waals surface area (Å²) >= 11 is 0. The Morgan fingerprint density at radius 2 is 1.97 bits per heavy atom. The number of ether oxygens (including phenoxy) is 2. The van der Waals surface area contributed by atoms with Gasteiger partial charge in [-0.05, 0) is 54.8 Å². The minimum atomic E-state index is -4.60. The minimum Gasteiger partial charge on any atom is -0.382 e. The van der Waals surface area contributed by atoms with Crippen molar-refractivity contribution in [1.82, 2.24) is 4.90 Å². The van der Waals surface area contributed by atoms with Gasteiger partial charge < -0.3 is 14.4 Å². The maximum Gasteiger partial charge on any atom is 0.417 e. The van der Waals surface area contributed by atoms with Crippen LogP contribution in [0.3, 0.4) is 0 Å². The number of likely N-dealkylation sites (tertiary alicyclic amines) is 1. The molecule has 0 saturated carbocycles. The molecule has 0 N–H and O–H groups in total. The zero-order valence-electron chi connectivity index (χ0n) is 19.7. The number of fused-ring (bicyclic) bond motifs is 1. The maximum atomic E-state index is 13.7. The molecule has 2 atom stereocenters. The van der Waals surface area contributed by atoms with Crippen LogP contribution in [0.4, 0.5) is 23.2 Å². The molecule has 0 unspecified atom stereocenters. The smallest absolute Gasteiger partial charge is 0.382 e. The van der Waals surface area contributed by atoms with E-state index in [0.717, 1.165) is 24.6 Å². The molecule has 5 nitrogen and oxygen atoms in total. The predicted octanol–water partition coefficient (Wildman–Crippen LogP) is 4.71. The van der Waals surface area contributed by atoms with Gasteiger partial charge >= 0.3 is 6.18 Å². The molecule has 2 saturated heterocycles. The maximum absolute atomic E-state index is 13.7. The topological polar surface area (TPSA) is 48.7 Å². The van der Waals surface area contributed by atoms with Crippen LogP contribution in [-0.4, -0.2) is 58.0 Å². The van der Waals surface area contributed by atoms with Crippen molar-refractivity contribution in [2.75, 3.05) is 58.0 Å². The summed E-state index contributed by atoms with van der Waals surface area (Å²) in [6, 6.07) is 12.1. The molecule has 0 bridgehead atoms. The van der Waals surface area contributed by atoms with Crippen LogP contribution in [0.5, 0.6) is 0 Å². The highest BCUT2D eigenvalue weighted by Crippen LogP contribution is 2.45. The summed E-state index contributed by atoms with van der Waals surface area (Å²) in [7, 11) is 1.60. The molecule has 2 heterocycles. The molecular weight excluding hydrogens is 462 g/mol. The van der Waals surface area contributed by atoms with E-state index in [1.165, 1.54) is 18.2 Å². The summed E-state index contributed by atoms with van der Waals surface area (Å²) in [5.74, 6) is -0.0397. The minimum absolute atomic E-state index is 0.235. The van der Waals surface area contributed by atoms with E-state index in [2.05, 4.69) is 4.90 Å². The number of piperidine rings is 1. The zero-order chi connectivity index (χ0) is 25.1. The average Bonchev–Trinajstić information content (AvgIpc) is 3.20. The fourth-order valence-corrected chi connectivity index (χ4v) is 5.39. The van der Waals surface area contributed by atoms with Crippen molar-refractivity contribution < 1.29 is 27.0 Å². The Hall–Kier alpha value is -2.67. The standard InChI is InChI=1S/C26H29F4N3O2/c1-34-9-10-35-18-25-16-32(14-19-3-2-4-22(27)11-19)8-7-21(25)15-33(17-25)23-6-5-20(13-31)24(12-23)26(28,29)30/h2-6,11-12,21H,7-10,14-18H2,1H3/t21-,25+/m1/s1.